The number of piperidine rings is 1. The van der Waals surface area contributed by atoms with E-state index in [0.717, 1.165) is 0 Å². The average molecular weight is 276 g/mol. The lowest BCUT2D eigenvalue weighted by atomic mass is 10.1. The van der Waals surface area contributed by atoms with E-state index in [4.69, 9.17) is 4.74 Å². The van der Waals surface area contributed by atoms with Gasteiger partial charge >= 0.3 is 0 Å². The van der Waals surface area contributed by atoms with Crippen molar-refractivity contribution in [3.8, 4) is 0 Å². The number of isocyanates is 1. The summed E-state index contributed by atoms with van der Waals surface area (Å²) in [6.45, 7) is 4.79. The maximum atomic E-state index is 12.0. The van der Waals surface area contributed by atoms with E-state index in [1.54, 1.807) is 0 Å². The van der Waals surface area contributed by atoms with Gasteiger partial charge in [0, 0.05) is 13.1 Å². The van der Waals surface area contributed by atoms with Gasteiger partial charge in [-0.3, -0.25) is 0 Å². The second-order valence-corrected chi connectivity index (χ2v) is 6.67. The summed E-state index contributed by atoms with van der Waals surface area (Å²) in [4.78, 5) is 13.8. The molecule has 1 aliphatic heterocycles. The topological polar surface area (TPSA) is 76.0 Å². The first-order valence-corrected chi connectivity index (χ1v) is 7.73. The van der Waals surface area contributed by atoms with Gasteiger partial charge in [-0.25, -0.2) is 22.5 Å². The van der Waals surface area contributed by atoms with Crippen LogP contribution in [-0.2, 0) is 19.6 Å². The van der Waals surface area contributed by atoms with Gasteiger partial charge in [-0.15, -0.1) is 0 Å². The number of rotatable bonds is 6. The number of nitrogens with zero attached hydrogens (tertiary/aromatic N) is 2. The van der Waals surface area contributed by atoms with E-state index in [-0.39, 0.29) is 24.5 Å². The fraction of sp³-hybridized carbons (Fsp3) is 0.909. The lowest BCUT2D eigenvalue weighted by Gasteiger charge is -2.28. The van der Waals surface area contributed by atoms with Gasteiger partial charge in [0.1, 0.15) is 0 Å². The van der Waals surface area contributed by atoms with Crippen molar-refractivity contribution in [1.29, 1.82) is 0 Å². The first-order valence-electron chi connectivity index (χ1n) is 6.12. The molecule has 0 aromatic rings. The summed E-state index contributed by atoms with van der Waals surface area (Å²) < 4.78 is 30.6. The third-order valence-corrected chi connectivity index (χ3v) is 4.68. The number of hydrogen-bond donors (Lipinski definition) is 0. The number of ether oxygens (including phenoxy) is 1. The van der Waals surface area contributed by atoms with Crippen LogP contribution in [0.4, 0.5) is 0 Å². The highest BCUT2D eigenvalue weighted by Gasteiger charge is 2.27. The van der Waals surface area contributed by atoms with Crippen LogP contribution in [0.15, 0.2) is 4.99 Å². The van der Waals surface area contributed by atoms with Crippen molar-refractivity contribution in [3.63, 3.8) is 0 Å². The molecule has 0 bridgehead atoms. The normalized spacial score (nSPS) is 18.8. The van der Waals surface area contributed by atoms with Gasteiger partial charge < -0.3 is 4.74 Å². The standard InChI is InChI=1S/C11H20N2O4S/c1-10(2)17-7-8-18(15,16)13-5-3-11(4-6-13)12-9-14/h10-11H,3-8H2,1-2H3. The van der Waals surface area contributed by atoms with Crippen molar-refractivity contribution in [1.82, 2.24) is 4.31 Å². The zero-order valence-electron chi connectivity index (χ0n) is 10.8. The molecule has 6 nitrogen and oxygen atoms in total. The summed E-state index contributed by atoms with van der Waals surface area (Å²) in [5.74, 6) is 0.00674. The van der Waals surface area contributed by atoms with Gasteiger partial charge in [-0.05, 0) is 26.7 Å². The molecule has 0 N–H and O–H groups in total. The largest absolute Gasteiger partial charge is 0.378 e. The number of sulfonamides is 1. The molecule has 0 aliphatic carbocycles. The van der Waals surface area contributed by atoms with E-state index < -0.39 is 10.0 Å². The van der Waals surface area contributed by atoms with Crippen molar-refractivity contribution in [3.05, 3.63) is 0 Å². The molecule has 1 aliphatic rings. The Hall–Kier alpha value is -0.750. The van der Waals surface area contributed by atoms with E-state index in [1.165, 1.54) is 10.4 Å². The molecular formula is C11H20N2O4S. The Balaban J connectivity index is 2.42. The van der Waals surface area contributed by atoms with Crippen LogP contribution in [-0.4, -0.2) is 56.4 Å². The van der Waals surface area contributed by atoms with Crippen molar-refractivity contribution in [2.24, 2.45) is 4.99 Å². The van der Waals surface area contributed by atoms with Gasteiger partial charge in [-0.1, -0.05) is 0 Å². The second kappa shape index (κ2) is 6.99. The summed E-state index contributed by atoms with van der Waals surface area (Å²) in [7, 11) is -3.25. The maximum absolute atomic E-state index is 12.0. The third kappa shape index (κ3) is 4.86. The zero-order valence-corrected chi connectivity index (χ0v) is 11.6. The Bertz CT molecular complexity index is 393. The van der Waals surface area contributed by atoms with Gasteiger partial charge in [-0.2, -0.15) is 0 Å². The Morgan fingerprint density at radius 3 is 2.50 bits per heavy atom. The molecule has 1 saturated heterocycles. The van der Waals surface area contributed by atoms with Crippen LogP contribution in [0.1, 0.15) is 26.7 Å². The fourth-order valence-corrected chi connectivity index (χ4v) is 3.17. The van der Waals surface area contributed by atoms with Crippen LogP contribution in [0, 0.1) is 0 Å². The van der Waals surface area contributed by atoms with Crippen LogP contribution in [0.3, 0.4) is 0 Å². The number of aliphatic imine (C=N–C) groups is 1. The molecule has 0 aromatic heterocycles. The van der Waals surface area contributed by atoms with E-state index in [1.807, 2.05) is 13.8 Å². The molecule has 0 unspecified atom stereocenters. The average Bonchev–Trinajstić information content (AvgIpc) is 2.29. The quantitative estimate of drug-likeness (QED) is 0.524. The summed E-state index contributed by atoms with van der Waals surface area (Å²) in [6.07, 6.45) is 2.73. The highest BCUT2D eigenvalue weighted by atomic mass is 32.2. The summed E-state index contributed by atoms with van der Waals surface area (Å²) in [5.41, 5.74) is 0. The van der Waals surface area contributed by atoms with Gasteiger partial charge in [0.25, 0.3) is 0 Å². The third-order valence-electron chi connectivity index (χ3n) is 2.84. The van der Waals surface area contributed by atoms with Crippen LogP contribution in [0.2, 0.25) is 0 Å². The highest BCUT2D eigenvalue weighted by molar-refractivity contribution is 7.89. The van der Waals surface area contributed by atoms with E-state index in [0.29, 0.717) is 25.9 Å². The van der Waals surface area contributed by atoms with Crippen LogP contribution >= 0.6 is 0 Å². The predicted octanol–water partition coefficient (Wildman–Crippen LogP) is 0.541. The van der Waals surface area contributed by atoms with E-state index in [2.05, 4.69) is 4.99 Å². The first-order chi connectivity index (χ1) is 8.45. The first kappa shape index (κ1) is 15.3. The lowest BCUT2D eigenvalue weighted by molar-refractivity contribution is 0.0905. The SMILES string of the molecule is CC(C)OCCS(=O)(=O)N1CCC(N=C=O)CC1. The Morgan fingerprint density at radius 2 is 2.00 bits per heavy atom. The monoisotopic (exact) mass is 276 g/mol. The van der Waals surface area contributed by atoms with Crippen LogP contribution < -0.4 is 0 Å². The zero-order chi connectivity index (χ0) is 13.6. The van der Waals surface area contributed by atoms with Crippen molar-refractivity contribution in [2.75, 3.05) is 25.4 Å². The second-order valence-electron chi connectivity index (χ2n) is 4.59. The predicted molar refractivity (Wildman–Crippen MR) is 67.6 cm³/mol. The number of hydrogen-bond acceptors (Lipinski definition) is 5. The molecule has 1 rings (SSSR count). The molecule has 7 heteroatoms. The molecule has 0 spiro atoms. The lowest BCUT2D eigenvalue weighted by Crippen LogP contribution is -2.41. The number of carbonyl (C=O) groups excluding carboxylic acids is 1. The minimum Gasteiger partial charge on any atom is -0.378 e. The molecule has 0 amide bonds. The summed E-state index contributed by atoms with van der Waals surface area (Å²) in [6, 6.07) is -0.0825. The highest BCUT2D eigenvalue weighted by Crippen LogP contribution is 2.16. The van der Waals surface area contributed by atoms with Crippen molar-refractivity contribution in [2.45, 2.75) is 38.8 Å². The minimum absolute atomic E-state index is 0.00674. The molecule has 1 fully saturated rings. The molecule has 0 saturated carbocycles. The molecular weight excluding hydrogens is 256 g/mol. The van der Waals surface area contributed by atoms with Gasteiger partial charge in [0.05, 0.1) is 24.5 Å². The van der Waals surface area contributed by atoms with Crippen molar-refractivity contribution < 1.29 is 17.9 Å². The van der Waals surface area contributed by atoms with Crippen LogP contribution in [0.5, 0.6) is 0 Å². The Labute approximate surface area is 108 Å². The Morgan fingerprint density at radius 1 is 1.39 bits per heavy atom. The molecule has 0 radical (unpaired) electrons. The van der Waals surface area contributed by atoms with Crippen LogP contribution in [0.25, 0.3) is 0 Å². The fourth-order valence-electron chi connectivity index (χ4n) is 1.84. The molecule has 1 heterocycles. The molecule has 0 atom stereocenters. The Kier molecular flexibility index (Phi) is 5.95. The molecule has 104 valence electrons. The molecule has 18 heavy (non-hydrogen) atoms. The summed E-state index contributed by atoms with van der Waals surface area (Å²) in [5, 5.41) is 0. The van der Waals surface area contributed by atoms with E-state index >= 15 is 0 Å². The molecule has 0 aromatic carbocycles. The summed E-state index contributed by atoms with van der Waals surface area (Å²) >= 11 is 0. The smallest absolute Gasteiger partial charge is 0.235 e. The minimum atomic E-state index is -3.25. The maximum Gasteiger partial charge on any atom is 0.235 e. The van der Waals surface area contributed by atoms with Gasteiger partial charge in [0.2, 0.25) is 16.1 Å². The van der Waals surface area contributed by atoms with E-state index in [9.17, 15) is 13.2 Å². The van der Waals surface area contributed by atoms with Crippen molar-refractivity contribution >= 4 is 16.1 Å². The van der Waals surface area contributed by atoms with Gasteiger partial charge in [0.15, 0.2) is 0 Å².